The van der Waals surface area contributed by atoms with Gasteiger partial charge in [0.1, 0.15) is 0 Å². The Morgan fingerprint density at radius 2 is 1.08 bits per heavy atom. The molecule has 1 aromatic carbocycles. The number of halogens is 2. The normalized spacial score (nSPS) is 13.9. The zero-order chi connectivity index (χ0) is 17.9. The predicted molar refractivity (Wildman–Crippen MR) is 126 cm³/mol. The van der Waals surface area contributed by atoms with Crippen LogP contribution in [0.5, 0.6) is 0 Å². The molecule has 0 amide bonds. The minimum absolute atomic E-state index is 0.855. The molecule has 0 aliphatic carbocycles. The van der Waals surface area contributed by atoms with E-state index in [1.165, 1.54) is 71.3 Å². The number of rotatable bonds is 12. The van der Waals surface area contributed by atoms with Crippen molar-refractivity contribution in [2.24, 2.45) is 11.8 Å². The van der Waals surface area contributed by atoms with Crippen LogP contribution in [0.2, 0.25) is 0 Å². The van der Waals surface area contributed by atoms with Gasteiger partial charge in [-0.3, -0.25) is 0 Å². The third-order valence-corrected chi connectivity index (χ3v) is 7.33. The van der Waals surface area contributed by atoms with Crippen molar-refractivity contribution in [2.75, 3.05) is 0 Å². The Balaban J connectivity index is 2.80. The number of benzene rings is 1. The standard InChI is InChI=1S/C22H36I2/c1-5-9-11-17(7-3)13-19-15-22(24)20(16-21(19)23)14-18(8-4)12-10-6-2/h15-18H,5-14H2,1-4H3/t17-,18+. The highest BCUT2D eigenvalue weighted by Crippen LogP contribution is 2.28. The van der Waals surface area contributed by atoms with Gasteiger partial charge in [-0.1, -0.05) is 79.1 Å². The van der Waals surface area contributed by atoms with Gasteiger partial charge in [-0.2, -0.15) is 0 Å². The number of hydrogen-bond donors (Lipinski definition) is 0. The van der Waals surface area contributed by atoms with Crippen molar-refractivity contribution in [3.05, 3.63) is 30.4 Å². The highest BCUT2D eigenvalue weighted by molar-refractivity contribution is 14.1. The molecular weight excluding hydrogens is 518 g/mol. The Morgan fingerprint density at radius 1 is 0.708 bits per heavy atom. The van der Waals surface area contributed by atoms with E-state index in [2.05, 4.69) is 85.0 Å². The van der Waals surface area contributed by atoms with Crippen LogP contribution < -0.4 is 0 Å². The lowest BCUT2D eigenvalue weighted by molar-refractivity contribution is 0.445. The Hall–Kier alpha value is 0.680. The van der Waals surface area contributed by atoms with E-state index in [0.29, 0.717) is 0 Å². The molecular formula is C22H36I2. The third-order valence-electron chi connectivity index (χ3n) is 5.32. The van der Waals surface area contributed by atoms with Crippen LogP contribution in [0.1, 0.15) is 90.2 Å². The van der Waals surface area contributed by atoms with Gasteiger partial charge in [0.2, 0.25) is 0 Å². The minimum Gasteiger partial charge on any atom is -0.0654 e. The third kappa shape index (κ3) is 7.92. The SMILES string of the molecule is CCCC[C@@H](CC)Cc1cc(I)c(C[C@@H](CC)CCCC)cc1I. The molecule has 2 heteroatoms. The molecule has 0 N–H and O–H groups in total. The molecule has 1 aromatic rings. The van der Waals surface area contributed by atoms with Gasteiger partial charge in [0, 0.05) is 7.14 Å². The molecule has 0 saturated carbocycles. The highest BCUT2D eigenvalue weighted by Gasteiger charge is 2.14. The van der Waals surface area contributed by atoms with Crippen LogP contribution in [0.3, 0.4) is 0 Å². The van der Waals surface area contributed by atoms with Crippen LogP contribution in [0.4, 0.5) is 0 Å². The summed E-state index contributed by atoms with van der Waals surface area (Å²) >= 11 is 5.15. The van der Waals surface area contributed by atoms with Crippen LogP contribution in [0, 0.1) is 19.0 Å². The molecule has 0 spiro atoms. The first kappa shape index (κ1) is 22.7. The monoisotopic (exact) mass is 554 g/mol. The Morgan fingerprint density at radius 3 is 1.38 bits per heavy atom. The minimum atomic E-state index is 0.855. The molecule has 0 unspecified atom stereocenters. The molecule has 2 atom stereocenters. The van der Waals surface area contributed by atoms with Crippen molar-refractivity contribution in [3.63, 3.8) is 0 Å². The van der Waals surface area contributed by atoms with E-state index in [9.17, 15) is 0 Å². The summed E-state index contributed by atoms with van der Waals surface area (Å²) in [5.41, 5.74) is 3.15. The zero-order valence-electron chi connectivity index (χ0n) is 16.1. The first-order valence-electron chi connectivity index (χ1n) is 10.0. The summed E-state index contributed by atoms with van der Waals surface area (Å²) < 4.78 is 2.98. The van der Waals surface area contributed by atoms with Crippen molar-refractivity contribution in [1.29, 1.82) is 0 Å². The maximum absolute atomic E-state index is 2.57. The van der Waals surface area contributed by atoms with Gasteiger partial charge in [0.15, 0.2) is 0 Å². The Bertz CT molecular complexity index is 424. The fraction of sp³-hybridized carbons (Fsp3) is 0.727. The second kappa shape index (κ2) is 12.9. The first-order valence-corrected chi connectivity index (χ1v) is 12.2. The summed E-state index contributed by atoms with van der Waals surface area (Å²) in [5.74, 6) is 1.71. The smallest absolute Gasteiger partial charge is 0.0165 e. The fourth-order valence-electron chi connectivity index (χ4n) is 3.45. The molecule has 24 heavy (non-hydrogen) atoms. The predicted octanol–water partition coefficient (Wildman–Crippen LogP) is 8.41. The summed E-state index contributed by atoms with van der Waals surface area (Å²) in [6.45, 7) is 9.31. The second-order valence-corrected chi connectivity index (χ2v) is 9.60. The summed E-state index contributed by atoms with van der Waals surface area (Å²) in [4.78, 5) is 0. The van der Waals surface area contributed by atoms with Crippen LogP contribution in [0.25, 0.3) is 0 Å². The summed E-state index contributed by atoms with van der Waals surface area (Å²) in [6, 6.07) is 4.97. The molecule has 0 aromatic heterocycles. The van der Waals surface area contributed by atoms with Gasteiger partial charge in [-0.25, -0.2) is 0 Å². The van der Waals surface area contributed by atoms with E-state index in [0.717, 1.165) is 11.8 Å². The Kier molecular flexibility index (Phi) is 12.3. The lowest BCUT2D eigenvalue weighted by Crippen LogP contribution is -2.08. The van der Waals surface area contributed by atoms with E-state index in [4.69, 9.17) is 0 Å². The molecule has 0 radical (unpaired) electrons. The zero-order valence-corrected chi connectivity index (χ0v) is 20.5. The maximum atomic E-state index is 2.57. The molecule has 0 heterocycles. The van der Waals surface area contributed by atoms with Crippen LogP contribution in [-0.2, 0) is 12.8 Å². The molecule has 138 valence electrons. The van der Waals surface area contributed by atoms with Gasteiger partial charge >= 0.3 is 0 Å². The van der Waals surface area contributed by atoms with Crippen LogP contribution >= 0.6 is 45.2 Å². The average molecular weight is 554 g/mol. The topological polar surface area (TPSA) is 0 Å². The van der Waals surface area contributed by atoms with Crippen molar-refractivity contribution < 1.29 is 0 Å². The Labute approximate surface area is 178 Å². The van der Waals surface area contributed by atoms with Crippen molar-refractivity contribution in [1.82, 2.24) is 0 Å². The second-order valence-electron chi connectivity index (χ2n) is 7.28. The van der Waals surface area contributed by atoms with Crippen molar-refractivity contribution >= 4 is 45.2 Å². The molecule has 0 fully saturated rings. The highest BCUT2D eigenvalue weighted by atomic mass is 127. The maximum Gasteiger partial charge on any atom is 0.0165 e. The first-order chi connectivity index (χ1) is 11.5. The molecule has 0 nitrogen and oxygen atoms in total. The molecule has 0 bridgehead atoms. The van der Waals surface area contributed by atoms with Gasteiger partial charge in [-0.05, 0) is 93.1 Å². The van der Waals surface area contributed by atoms with E-state index in [1.807, 2.05) is 0 Å². The van der Waals surface area contributed by atoms with Gasteiger partial charge in [0.05, 0.1) is 0 Å². The lowest BCUT2D eigenvalue weighted by atomic mass is 9.89. The summed E-state index contributed by atoms with van der Waals surface area (Å²) in [7, 11) is 0. The average Bonchev–Trinajstić information content (AvgIpc) is 2.58. The number of unbranched alkanes of at least 4 members (excludes halogenated alkanes) is 2. The van der Waals surface area contributed by atoms with Crippen molar-refractivity contribution in [3.8, 4) is 0 Å². The van der Waals surface area contributed by atoms with Crippen molar-refractivity contribution in [2.45, 2.75) is 91.9 Å². The summed E-state index contributed by atoms with van der Waals surface area (Å²) in [5, 5.41) is 0. The quantitative estimate of drug-likeness (QED) is 0.228. The largest absolute Gasteiger partial charge is 0.0654 e. The van der Waals surface area contributed by atoms with Gasteiger partial charge in [-0.15, -0.1) is 0 Å². The number of hydrogen-bond acceptors (Lipinski definition) is 0. The van der Waals surface area contributed by atoms with E-state index >= 15 is 0 Å². The van der Waals surface area contributed by atoms with Crippen LogP contribution in [-0.4, -0.2) is 0 Å². The van der Waals surface area contributed by atoms with Crippen LogP contribution in [0.15, 0.2) is 12.1 Å². The van der Waals surface area contributed by atoms with E-state index in [1.54, 1.807) is 11.1 Å². The van der Waals surface area contributed by atoms with E-state index < -0.39 is 0 Å². The molecule has 0 aliphatic heterocycles. The van der Waals surface area contributed by atoms with E-state index in [-0.39, 0.29) is 0 Å². The molecule has 1 rings (SSSR count). The van der Waals surface area contributed by atoms with Gasteiger partial charge in [0.25, 0.3) is 0 Å². The fourth-order valence-corrected chi connectivity index (χ4v) is 4.95. The lowest BCUT2D eigenvalue weighted by Gasteiger charge is -2.19. The summed E-state index contributed by atoms with van der Waals surface area (Å²) in [6.07, 6.45) is 13.3. The molecule has 0 aliphatic rings. The van der Waals surface area contributed by atoms with Gasteiger partial charge < -0.3 is 0 Å². The molecule has 0 saturated heterocycles.